The molecule has 108 valence electrons. The fourth-order valence-electron chi connectivity index (χ4n) is 2.63. The van der Waals surface area contributed by atoms with Gasteiger partial charge in [0.2, 0.25) is 0 Å². The van der Waals surface area contributed by atoms with Gasteiger partial charge in [-0.05, 0) is 73.2 Å². The van der Waals surface area contributed by atoms with E-state index in [4.69, 9.17) is 0 Å². The Kier molecular flexibility index (Phi) is 5.81. The molecule has 1 aromatic carbocycles. The Labute approximate surface area is 127 Å². The summed E-state index contributed by atoms with van der Waals surface area (Å²) in [4.78, 5) is 0. The van der Waals surface area contributed by atoms with E-state index in [-0.39, 0.29) is 0 Å². The molecule has 0 aliphatic carbocycles. The number of aryl methyl sites for hydroxylation is 3. The molecule has 0 bridgehead atoms. The molecule has 0 fully saturated rings. The highest BCUT2D eigenvalue weighted by molar-refractivity contribution is 7.07. The second kappa shape index (κ2) is 7.61. The van der Waals surface area contributed by atoms with Crippen LogP contribution in [-0.4, -0.2) is 12.6 Å². The Morgan fingerprint density at radius 3 is 2.75 bits per heavy atom. The highest BCUT2D eigenvalue weighted by Crippen LogP contribution is 2.16. The van der Waals surface area contributed by atoms with E-state index >= 15 is 0 Å². The predicted octanol–water partition coefficient (Wildman–Crippen LogP) is 4.52. The fourth-order valence-corrected chi connectivity index (χ4v) is 3.33. The second-order valence-corrected chi connectivity index (χ2v) is 6.34. The number of likely N-dealkylation sites (N-methyl/N-ethyl adjacent to an activating group) is 1. The van der Waals surface area contributed by atoms with Crippen molar-refractivity contribution in [3.63, 3.8) is 0 Å². The van der Waals surface area contributed by atoms with Gasteiger partial charge in [0.25, 0.3) is 0 Å². The molecule has 1 nitrogen and oxygen atoms in total. The van der Waals surface area contributed by atoms with Gasteiger partial charge in [-0.15, -0.1) is 0 Å². The predicted molar refractivity (Wildman–Crippen MR) is 89.7 cm³/mol. The van der Waals surface area contributed by atoms with E-state index in [0.29, 0.717) is 6.04 Å². The van der Waals surface area contributed by atoms with Crippen molar-refractivity contribution in [2.45, 2.75) is 46.1 Å². The standard InChI is InChI=1S/C18H25NS/c1-4-19-18(8-7-16-9-10-20-13-16)12-17-11-14(2)5-6-15(17)3/h5-6,9-11,13,18-19H,4,7-8,12H2,1-3H3. The molecule has 1 atom stereocenters. The van der Waals surface area contributed by atoms with Gasteiger partial charge >= 0.3 is 0 Å². The molecule has 2 heteroatoms. The van der Waals surface area contributed by atoms with E-state index in [1.807, 2.05) is 0 Å². The van der Waals surface area contributed by atoms with Crippen LogP contribution in [0, 0.1) is 13.8 Å². The van der Waals surface area contributed by atoms with Crippen molar-refractivity contribution in [1.29, 1.82) is 0 Å². The largest absolute Gasteiger partial charge is 0.314 e. The van der Waals surface area contributed by atoms with Crippen LogP contribution < -0.4 is 5.32 Å². The zero-order valence-corrected chi connectivity index (χ0v) is 13.6. The van der Waals surface area contributed by atoms with E-state index in [1.165, 1.54) is 35.1 Å². The van der Waals surface area contributed by atoms with Gasteiger partial charge in [-0.1, -0.05) is 30.7 Å². The van der Waals surface area contributed by atoms with Gasteiger partial charge < -0.3 is 5.32 Å². The van der Waals surface area contributed by atoms with Gasteiger partial charge in [0.05, 0.1) is 0 Å². The lowest BCUT2D eigenvalue weighted by Gasteiger charge is -2.19. The van der Waals surface area contributed by atoms with Gasteiger partial charge in [0.1, 0.15) is 0 Å². The van der Waals surface area contributed by atoms with Gasteiger partial charge in [-0.3, -0.25) is 0 Å². The van der Waals surface area contributed by atoms with Crippen molar-refractivity contribution < 1.29 is 0 Å². The molecule has 20 heavy (non-hydrogen) atoms. The highest BCUT2D eigenvalue weighted by Gasteiger charge is 2.10. The first-order chi connectivity index (χ1) is 9.69. The van der Waals surface area contributed by atoms with Crippen molar-refractivity contribution in [3.8, 4) is 0 Å². The first-order valence-electron chi connectivity index (χ1n) is 7.49. The van der Waals surface area contributed by atoms with Gasteiger partial charge in [0.15, 0.2) is 0 Å². The maximum atomic E-state index is 3.64. The molecular formula is C18H25NS. The molecule has 1 heterocycles. The maximum absolute atomic E-state index is 3.64. The number of nitrogens with one attached hydrogen (secondary N) is 1. The molecule has 0 amide bonds. The molecule has 0 saturated heterocycles. The first-order valence-corrected chi connectivity index (χ1v) is 8.44. The molecule has 2 rings (SSSR count). The average Bonchev–Trinajstić information content (AvgIpc) is 2.93. The van der Waals surface area contributed by atoms with Gasteiger partial charge in [0, 0.05) is 6.04 Å². The van der Waals surface area contributed by atoms with Crippen molar-refractivity contribution in [2.75, 3.05) is 6.54 Å². The minimum absolute atomic E-state index is 0.570. The van der Waals surface area contributed by atoms with Crippen LogP contribution in [0.5, 0.6) is 0 Å². The van der Waals surface area contributed by atoms with Crippen LogP contribution in [0.4, 0.5) is 0 Å². The summed E-state index contributed by atoms with van der Waals surface area (Å²) in [7, 11) is 0. The summed E-state index contributed by atoms with van der Waals surface area (Å²) in [5.74, 6) is 0. The topological polar surface area (TPSA) is 12.0 Å². The van der Waals surface area contributed by atoms with Crippen molar-refractivity contribution >= 4 is 11.3 Å². The summed E-state index contributed by atoms with van der Waals surface area (Å²) in [6, 6.07) is 9.59. The zero-order valence-electron chi connectivity index (χ0n) is 12.8. The van der Waals surface area contributed by atoms with Crippen LogP contribution in [0.15, 0.2) is 35.0 Å². The average molecular weight is 287 g/mol. The normalized spacial score (nSPS) is 12.6. The van der Waals surface area contributed by atoms with Crippen LogP contribution in [0.3, 0.4) is 0 Å². The third-order valence-electron chi connectivity index (χ3n) is 3.83. The van der Waals surface area contributed by atoms with Crippen LogP contribution >= 0.6 is 11.3 Å². The molecule has 0 aliphatic rings. The lowest BCUT2D eigenvalue weighted by atomic mass is 9.96. The number of hydrogen-bond donors (Lipinski definition) is 1. The zero-order chi connectivity index (χ0) is 14.4. The van der Waals surface area contributed by atoms with Crippen LogP contribution in [0.2, 0.25) is 0 Å². The highest BCUT2D eigenvalue weighted by atomic mass is 32.1. The third-order valence-corrected chi connectivity index (χ3v) is 4.56. The lowest BCUT2D eigenvalue weighted by Crippen LogP contribution is -2.31. The van der Waals surface area contributed by atoms with Crippen LogP contribution in [0.25, 0.3) is 0 Å². The number of benzene rings is 1. The Balaban J connectivity index is 1.99. The second-order valence-electron chi connectivity index (χ2n) is 5.56. The molecule has 2 aromatic rings. The Morgan fingerprint density at radius 2 is 2.05 bits per heavy atom. The van der Waals surface area contributed by atoms with Crippen molar-refractivity contribution in [3.05, 3.63) is 57.3 Å². The summed E-state index contributed by atoms with van der Waals surface area (Å²) < 4.78 is 0. The monoisotopic (exact) mass is 287 g/mol. The SMILES string of the molecule is CCNC(CCc1ccsc1)Cc1cc(C)ccc1C. The summed E-state index contributed by atoms with van der Waals surface area (Å²) >= 11 is 1.79. The van der Waals surface area contributed by atoms with E-state index in [2.05, 4.69) is 61.1 Å². The fraction of sp³-hybridized carbons (Fsp3) is 0.444. The van der Waals surface area contributed by atoms with E-state index in [0.717, 1.165) is 13.0 Å². The summed E-state index contributed by atoms with van der Waals surface area (Å²) in [6.45, 7) is 7.63. The number of thiophene rings is 1. The minimum Gasteiger partial charge on any atom is -0.314 e. The van der Waals surface area contributed by atoms with Gasteiger partial charge in [-0.2, -0.15) is 11.3 Å². The van der Waals surface area contributed by atoms with E-state index < -0.39 is 0 Å². The molecule has 1 N–H and O–H groups in total. The molecule has 0 spiro atoms. The first kappa shape index (κ1) is 15.3. The van der Waals surface area contributed by atoms with Crippen LogP contribution in [0.1, 0.15) is 35.6 Å². The number of hydrogen-bond acceptors (Lipinski definition) is 2. The molecule has 0 radical (unpaired) electrons. The molecule has 0 saturated carbocycles. The quantitative estimate of drug-likeness (QED) is 0.789. The summed E-state index contributed by atoms with van der Waals surface area (Å²) in [5, 5.41) is 8.08. The molecule has 1 aromatic heterocycles. The number of rotatable bonds is 7. The molecule has 1 unspecified atom stereocenters. The lowest BCUT2D eigenvalue weighted by molar-refractivity contribution is 0.490. The maximum Gasteiger partial charge on any atom is 0.0111 e. The Hall–Kier alpha value is -1.12. The minimum atomic E-state index is 0.570. The van der Waals surface area contributed by atoms with Gasteiger partial charge in [-0.25, -0.2) is 0 Å². The smallest absolute Gasteiger partial charge is 0.0111 e. The van der Waals surface area contributed by atoms with E-state index in [9.17, 15) is 0 Å². The summed E-state index contributed by atoms with van der Waals surface area (Å²) in [6.07, 6.45) is 3.51. The van der Waals surface area contributed by atoms with Crippen LogP contribution in [-0.2, 0) is 12.8 Å². The van der Waals surface area contributed by atoms with Crippen molar-refractivity contribution in [1.82, 2.24) is 5.32 Å². The Morgan fingerprint density at radius 1 is 1.20 bits per heavy atom. The molecular weight excluding hydrogens is 262 g/mol. The van der Waals surface area contributed by atoms with E-state index in [1.54, 1.807) is 11.3 Å². The summed E-state index contributed by atoms with van der Waals surface area (Å²) in [5.41, 5.74) is 5.73. The third kappa shape index (κ3) is 4.46. The molecule has 0 aliphatic heterocycles. The van der Waals surface area contributed by atoms with Crippen molar-refractivity contribution in [2.24, 2.45) is 0 Å². The Bertz CT molecular complexity index is 516.